The van der Waals surface area contributed by atoms with E-state index in [0.717, 1.165) is 24.2 Å². The molecule has 2 aromatic carbocycles. The number of aromatic amines is 1. The van der Waals surface area contributed by atoms with E-state index in [1.807, 2.05) is 24.0 Å². The molecule has 2 atom stereocenters. The second-order valence-corrected chi connectivity index (χ2v) is 13.1. The number of aromatic nitrogens is 1. The predicted molar refractivity (Wildman–Crippen MR) is 150 cm³/mol. The fourth-order valence-electron chi connectivity index (χ4n) is 6.14. The first kappa shape index (κ1) is 27.4. The van der Waals surface area contributed by atoms with E-state index in [1.165, 1.54) is 21.1 Å². The summed E-state index contributed by atoms with van der Waals surface area (Å²) >= 11 is 0. The predicted octanol–water partition coefficient (Wildman–Crippen LogP) is 3.78. The van der Waals surface area contributed by atoms with E-state index >= 15 is 0 Å². The highest BCUT2D eigenvalue weighted by atomic mass is 32.2. The Hall–Kier alpha value is -3.17. The molecule has 0 saturated carbocycles. The van der Waals surface area contributed by atoms with Crippen LogP contribution >= 0.6 is 0 Å². The number of nitrogens with one attached hydrogen (secondary N) is 1. The third-order valence-electron chi connectivity index (χ3n) is 8.27. The molecule has 9 heteroatoms. The third kappa shape index (κ3) is 5.47. The Labute approximate surface area is 231 Å². The lowest BCUT2D eigenvalue weighted by Gasteiger charge is -2.37. The summed E-state index contributed by atoms with van der Waals surface area (Å²) in [4.78, 5) is 18.1. The van der Waals surface area contributed by atoms with Crippen LogP contribution in [0.2, 0.25) is 0 Å². The van der Waals surface area contributed by atoms with Crippen LogP contribution in [0.3, 0.4) is 0 Å². The van der Waals surface area contributed by atoms with E-state index in [4.69, 9.17) is 4.52 Å². The lowest BCUT2D eigenvalue weighted by Crippen LogP contribution is -2.49. The molecule has 8 nitrogen and oxygen atoms in total. The Morgan fingerprint density at radius 1 is 0.949 bits per heavy atom. The summed E-state index contributed by atoms with van der Waals surface area (Å²) in [5.41, 5.74) is 6.40. The van der Waals surface area contributed by atoms with E-state index in [0.29, 0.717) is 44.1 Å². The number of anilines is 1. The molecule has 5 rings (SSSR count). The van der Waals surface area contributed by atoms with Crippen molar-refractivity contribution >= 4 is 21.6 Å². The quantitative estimate of drug-likeness (QED) is 0.465. The van der Waals surface area contributed by atoms with Gasteiger partial charge in [0.1, 0.15) is 0 Å². The molecule has 0 aliphatic carbocycles. The van der Waals surface area contributed by atoms with Gasteiger partial charge < -0.3 is 9.80 Å². The molecule has 2 fully saturated rings. The van der Waals surface area contributed by atoms with E-state index in [-0.39, 0.29) is 22.6 Å². The molecule has 1 amide bonds. The van der Waals surface area contributed by atoms with E-state index in [1.54, 1.807) is 13.8 Å². The number of carbonyl (C=O) groups excluding carboxylic acids is 1. The van der Waals surface area contributed by atoms with Crippen molar-refractivity contribution in [2.75, 3.05) is 44.2 Å². The molecule has 39 heavy (non-hydrogen) atoms. The number of rotatable bonds is 6. The van der Waals surface area contributed by atoms with Gasteiger partial charge in [0.05, 0.1) is 0 Å². The smallest absolute Gasteiger partial charge is 0.253 e. The minimum absolute atomic E-state index is 0.0589. The normalized spacial score (nSPS) is 20.5. The number of benzene rings is 2. The lowest BCUT2D eigenvalue weighted by molar-refractivity contribution is -0.616. The van der Waals surface area contributed by atoms with Crippen LogP contribution in [0.25, 0.3) is 0 Å². The summed E-state index contributed by atoms with van der Waals surface area (Å²) in [5.74, 6) is 0.279. The maximum Gasteiger partial charge on any atom is 0.253 e. The van der Waals surface area contributed by atoms with Crippen LogP contribution in [0.15, 0.2) is 51.9 Å². The second-order valence-electron chi connectivity index (χ2n) is 11.2. The Kier molecular flexibility index (Phi) is 7.57. The number of amides is 1. The van der Waals surface area contributed by atoms with Crippen molar-refractivity contribution in [3.8, 4) is 0 Å². The lowest BCUT2D eigenvalue weighted by atomic mass is 9.86. The number of hydrogen-bond donors (Lipinski definition) is 0. The number of carbonyl (C=O) groups is 1. The summed E-state index contributed by atoms with van der Waals surface area (Å²) in [6, 6.07) is 14.7. The zero-order valence-electron chi connectivity index (χ0n) is 23.5. The van der Waals surface area contributed by atoms with Crippen molar-refractivity contribution < 1.29 is 22.9 Å². The zero-order valence-corrected chi connectivity index (χ0v) is 24.3. The zero-order chi connectivity index (χ0) is 27.9. The van der Waals surface area contributed by atoms with Crippen LogP contribution in [0.5, 0.6) is 0 Å². The fraction of sp³-hybridized carbons (Fsp3) is 0.467. The van der Waals surface area contributed by atoms with Crippen molar-refractivity contribution in [2.24, 2.45) is 5.92 Å². The van der Waals surface area contributed by atoms with Crippen LogP contribution in [-0.2, 0) is 14.8 Å². The largest absolute Gasteiger partial charge is 0.368 e. The monoisotopic (exact) mass is 551 g/mol. The SMILES string of the molecule is Cc1cccc(C2CN(S(=O)(=O)c3c(C)[nH+]oc3C)C[C@H]2CC(=O)N2CCN(c3cc(C)ccc3C)CC2)c1. The topological polar surface area (TPSA) is 88.2 Å². The number of hydrogen-bond acceptors (Lipinski definition) is 5. The van der Waals surface area contributed by atoms with Gasteiger partial charge in [-0.3, -0.25) is 4.79 Å². The van der Waals surface area contributed by atoms with Crippen LogP contribution in [0.1, 0.15) is 46.0 Å². The van der Waals surface area contributed by atoms with Crippen LogP contribution in [0.4, 0.5) is 5.69 Å². The maximum absolute atomic E-state index is 13.7. The summed E-state index contributed by atoms with van der Waals surface area (Å²) in [7, 11) is -3.77. The van der Waals surface area contributed by atoms with Crippen molar-refractivity contribution in [3.63, 3.8) is 0 Å². The van der Waals surface area contributed by atoms with Gasteiger partial charge in [0, 0.05) is 71.1 Å². The molecular weight excluding hydrogens is 512 g/mol. The average Bonchev–Trinajstić information content (AvgIpc) is 3.49. The number of nitrogens with zero attached hydrogens (tertiary/aromatic N) is 3. The first-order chi connectivity index (χ1) is 18.5. The molecule has 1 aromatic heterocycles. The van der Waals surface area contributed by atoms with Gasteiger partial charge in [-0.1, -0.05) is 42.0 Å². The molecular formula is C30H39N4O4S+. The molecule has 3 aromatic rings. The highest BCUT2D eigenvalue weighted by molar-refractivity contribution is 7.89. The van der Waals surface area contributed by atoms with Gasteiger partial charge in [-0.25, -0.2) is 12.9 Å². The molecule has 208 valence electrons. The molecule has 1 N–H and O–H groups in total. The van der Waals surface area contributed by atoms with E-state index in [9.17, 15) is 13.2 Å². The first-order valence-corrected chi connectivity index (χ1v) is 15.1. The molecule has 0 bridgehead atoms. The van der Waals surface area contributed by atoms with Crippen LogP contribution < -0.4 is 10.1 Å². The molecule has 1 unspecified atom stereocenters. The maximum atomic E-state index is 13.7. The molecule has 3 heterocycles. The van der Waals surface area contributed by atoms with Crippen molar-refractivity contribution in [2.45, 2.75) is 51.9 Å². The summed E-state index contributed by atoms with van der Waals surface area (Å²) in [5, 5.41) is 2.68. The third-order valence-corrected chi connectivity index (χ3v) is 10.4. The summed E-state index contributed by atoms with van der Waals surface area (Å²) in [6.07, 6.45) is 0.323. The number of H-pyrrole nitrogens is 1. The molecule has 0 radical (unpaired) electrons. The Morgan fingerprint density at radius 3 is 2.33 bits per heavy atom. The van der Waals surface area contributed by atoms with E-state index in [2.05, 4.69) is 54.2 Å². The van der Waals surface area contributed by atoms with E-state index < -0.39 is 10.0 Å². The van der Waals surface area contributed by atoms with Gasteiger partial charge >= 0.3 is 0 Å². The summed E-state index contributed by atoms with van der Waals surface area (Å²) in [6.45, 7) is 13.2. The van der Waals surface area contributed by atoms with Gasteiger partial charge in [-0.05, 0) is 54.6 Å². The molecule has 0 spiro atoms. The number of sulfonamides is 1. The Morgan fingerprint density at radius 2 is 1.67 bits per heavy atom. The van der Waals surface area contributed by atoms with Gasteiger partial charge in [0.2, 0.25) is 17.4 Å². The van der Waals surface area contributed by atoms with Gasteiger partial charge in [-0.15, -0.1) is 0 Å². The van der Waals surface area contributed by atoms with Crippen LogP contribution in [-0.4, -0.2) is 62.8 Å². The van der Waals surface area contributed by atoms with Crippen LogP contribution in [0, 0.1) is 40.5 Å². The minimum atomic E-state index is -3.77. The second kappa shape index (κ2) is 10.8. The van der Waals surface area contributed by atoms with Crippen molar-refractivity contribution in [3.05, 3.63) is 76.2 Å². The van der Waals surface area contributed by atoms with Crippen molar-refractivity contribution in [1.82, 2.24) is 9.21 Å². The molecule has 2 saturated heterocycles. The average molecular weight is 552 g/mol. The van der Waals surface area contributed by atoms with Gasteiger partial charge in [0.25, 0.3) is 10.0 Å². The highest BCUT2D eigenvalue weighted by Crippen LogP contribution is 2.39. The fourth-order valence-corrected chi connectivity index (χ4v) is 7.97. The van der Waals surface area contributed by atoms with Gasteiger partial charge in [0.15, 0.2) is 4.90 Å². The number of aryl methyl sites for hydroxylation is 5. The minimum Gasteiger partial charge on any atom is -0.368 e. The molecule has 2 aliphatic heterocycles. The van der Waals surface area contributed by atoms with Crippen molar-refractivity contribution in [1.29, 1.82) is 0 Å². The highest BCUT2D eigenvalue weighted by Gasteiger charge is 2.44. The first-order valence-electron chi connectivity index (χ1n) is 13.7. The Bertz CT molecular complexity index is 1450. The number of piperazine rings is 1. The standard InChI is InChI=1S/C30H38N4O4S/c1-20-7-6-8-25(15-20)27-19-34(39(36,37)30-23(4)31-38-24(30)5)18-26(27)17-29(35)33-13-11-32(12-14-33)28-16-21(2)9-10-22(28)3/h6-10,15-16,26-27H,11-14,17-19H2,1-5H3/p+1/t26-,27?/m1/s1. The summed E-state index contributed by atoms with van der Waals surface area (Å²) < 4.78 is 34.2. The van der Waals surface area contributed by atoms with Gasteiger partial charge in [-0.2, -0.15) is 4.31 Å². The molecule has 2 aliphatic rings. The Balaban J connectivity index is 1.33.